The Morgan fingerprint density at radius 2 is 2.20 bits per heavy atom. The van der Waals surface area contributed by atoms with Gasteiger partial charge in [-0.25, -0.2) is 0 Å². The van der Waals surface area contributed by atoms with Gasteiger partial charge in [-0.3, -0.25) is 0 Å². The van der Waals surface area contributed by atoms with E-state index in [-0.39, 0.29) is 45.1 Å². The molecule has 0 unspecified atom stereocenters. The summed E-state index contributed by atoms with van der Waals surface area (Å²) in [7, 11) is 0. The number of hydrogen-bond acceptors (Lipinski definition) is 2. The van der Waals surface area contributed by atoms with Crippen LogP contribution < -0.4 is 0 Å². The monoisotopic (exact) mass is 212 g/mol. The van der Waals surface area contributed by atoms with E-state index in [1.807, 2.05) is 0 Å². The number of aliphatic hydroxyl groups excluding tert-OH is 1. The van der Waals surface area contributed by atoms with Crippen LogP contribution in [0.3, 0.4) is 0 Å². The molecule has 0 amide bonds. The molecule has 0 aliphatic heterocycles. The van der Waals surface area contributed by atoms with Crippen molar-refractivity contribution in [1.82, 2.24) is 0 Å². The summed E-state index contributed by atoms with van der Waals surface area (Å²) in [6, 6.07) is 7.51. The van der Waals surface area contributed by atoms with E-state index in [1.54, 1.807) is 12.1 Å². The van der Waals surface area contributed by atoms with E-state index in [1.165, 1.54) is 6.07 Å². The predicted octanol–water partition coefficient (Wildman–Crippen LogP) is 0.682. The summed E-state index contributed by atoms with van der Waals surface area (Å²) < 4.78 is 0. The molecule has 0 atom stereocenters. The average Bonchev–Trinajstić information content (AvgIpc) is 1.89. The van der Waals surface area contributed by atoms with Crippen LogP contribution in [0, 0.1) is 6.07 Å². The third kappa shape index (κ3) is 2.37. The summed E-state index contributed by atoms with van der Waals surface area (Å²) in [5.74, 6) is 0.0972. The Bertz CT molecular complexity index is 201. The maximum atomic E-state index is 8.92. The van der Waals surface area contributed by atoms with Crippen LogP contribution >= 0.6 is 0 Å². The van der Waals surface area contributed by atoms with E-state index in [0.29, 0.717) is 5.56 Å². The Morgan fingerprint density at radius 1 is 1.50 bits per heavy atom. The zero-order valence-electron chi connectivity index (χ0n) is 5.41. The largest absolute Gasteiger partial charge is 0.565 e. The van der Waals surface area contributed by atoms with Crippen molar-refractivity contribution >= 4 is 0 Å². The number of phenols is 1. The zero-order chi connectivity index (χ0) is 6.69. The van der Waals surface area contributed by atoms with Crippen LogP contribution in [0.5, 0.6) is 5.75 Å². The van der Waals surface area contributed by atoms with Crippen LogP contribution in [-0.2, 0) is 39.3 Å². The first-order valence-corrected chi connectivity index (χ1v) is 2.64. The molecule has 0 heterocycles. The summed E-state index contributed by atoms with van der Waals surface area (Å²) in [5.41, 5.74) is 0.442. The Labute approximate surface area is 84.8 Å². The second kappa shape index (κ2) is 4.83. The fourth-order valence-electron chi connectivity index (χ4n) is 0.589. The molecule has 0 bridgehead atoms. The second-order valence-corrected chi connectivity index (χ2v) is 1.69. The molecule has 2 nitrogen and oxygen atoms in total. The molecule has 1 aromatic rings. The molecule has 0 saturated carbocycles. The quantitative estimate of drug-likeness (QED) is 0.672. The van der Waals surface area contributed by atoms with Crippen LogP contribution in [0.1, 0.15) is 5.56 Å². The first kappa shape index (κ1) is 10.1. The molecule has 0 spiro atoms. The minimum absolute atomic E-state index is 0. The average molecular weight is 212 g/mol. The van der Waals surface area contributed by atoms with E-state index in [2.05, 4.69) is 6.07 Å². The molecular formula is C7H7O2Y-. The van der Waals surface area contributed by atoms with Crippen LogP contribution in [0.25, 0.3) is 0 Å². The molecule has 3 heteroatoms. The molecule has 0 aliphatic carbocycles. The maximum absolute atomic E-state index is 8.92. The molecular weight excluding hydrogens is 205 g/mol. The Morgan fingerprint density at radius 3 is 2.60 bits per heavy atom. The molecule has 10 heavy (non-hydrogen) atoms. The first-order valence-electron chi connectivity index (χ1n) is 2.64. The van der Waals surface area contributed by atoms with Gasteiger partial charge >= 0.3 is 0 Å². The SMILES string of the molecule is OCc1[c-]cccc1O.[Y]. The molecule has 1 aromatic carbocycles. The number of aromatic hydroxyl groups is 1. The minimum Gasteiger partial charge on any atom is -0.565 e. The van der Waals surface area contributed by atoms with Gasteiger partial charge < -0.3 is 10.2 Å². The molecule has 0 aliphatic rings. The van der Waals surface area contributed by atoms with Gasteiger partial charge in [0.05, 0.1) is 0 Å². The van der Waals surface area contributed by atoms with Gasteiger partial charge in [0.2, 0.25) is 0 Å². The predicted molar refractivity (Wildman–Crippen MR) is 32.9 cm³/mol. The van der Waals surface area contributed by atoms with Crippen molar-refractivity contribution < 1.29 is 42.9 Å². The van der Waals surface area contributed by atoms with Crippen LogP contribution in [0.15, 0.2) is 18.2 Å². The molecule has 0 fully saturated rings. The van der Waals surface area contributed by atoms with Gasteiger partial charge in [-0.2, -0.15) is 18.2 Å². The molecule has 0 aromatic heterocycles. The summed E-state index contributed by atoms with van der Waals surface area (Å²) in [6.45, 7) is -0.160. The first-order chi connectivity index (χ1) is 4.34. The van der Waals surface area contributed by atoms with E-state index in [9.17, 15) is 0 Å². The third-order valence-electron chi connectivity index (χ3n) is 1.08. The molecule has 0 saturated heterocycles. The van der Waals surface area contributed by atoms with Gasteiger partial charge in [-0.05, 0) is 0 Å². The number of hydrogen-bond donors (Lipinski definition) is 2. The molecule has 51 valence electrons. The van der Waals surface area contributed by atoms with Gasteiger partial charge in [0.15, 0.2) is 0 Å². The molecule has 2 N–H and O–H groups in total. The van der Waals surface area contributed by atoms with Crippen molar-refractivity contribution in [2.75, 3.05) is 0 Å². The summed E-state index contributed by atoms with van der Waals surface area (Å²) in [5, 5.41) is 17.4. The van der Waals surface area contributed by atoms with Crippen molar-refractivity contribution in [2.45, 2.75) is 6.61 Å². The zero-order valence-corrected chi connectivity index (χ0v) is 8.25. The van der Waals surface area contributed by atoms with Crippen molar-refractivity contribution in [1.29, 1.82) is 0 Å². The number of aliphatic hydroxyl groups is 1. The molecule has 1 rings (SSSR count). The van der Waals surface area contributed by atoms with E-state index < -0.39 is 0 Å². The Hall–Kier alpha value is 0.0839. The standard InChI is InChI=1S/C7H7O2.Y/c8-5-6-3-1-2-4-7(6)9;/h1-2,4,8-9H,5H2;/q-1;. The Kier molecular flexibility index (Phi) is 4.87. The fourth-order valence-corrected chi connectivity index (χ4v) is 0.589. The van der Waals surface area contributed by atoms with Gasteiger partial charge in [0.25, 0.3) is 0 Å². The van der Waals surface area contributed by atoms with Crippen LogP contribution in [0.4, 0.5) is 0 Å². The van der Waals surface area contributed by atoms with Gasteiger partial charge in [-0.15, -0.1) is 6.07 Å². The minimum atomic E-state index is -0.160. The van der Waals surface area contributed by atoms with Crippen molar-refractivity contribution in [3.8, 4) is 5.75 Å². The molecule has 1 radical (unpaired) electrons. The van der Waals surface area contributed by atoms with E-state index in [0.717, 1.165) is 0 Å². The summed E-state index contributed by atoms with van der Waals surface area (Å²) in [4.78, 5) is 0. The topological polar surface area (TPSA) is 40.5 Å². The van der Waals surface area contributed by atoms with Crippen LogP contribution in [0.2, 0.25) is 0 Å². The van der Waals surface area contributed by atoms with Gasteiger partial charge in [-0.1, -0.05) is 5.56 Å². The van der Waals surface area contributed by atoms with E-state index in [4.69, 9.17) is 10.2 Å². The Balaban J connectivity index is 0.000000810. The normalized spacial score (nSPS) is 8.50. The number of benzene rings is 1. The van der Waals surface area contributed by atoms with Crippen molar-refractivity contribution in [2.24, 2.45) is 0 Å². The van der Waals surface area contributed by atoms with Crippen molar-refractivity contribution in [3.63, 3.8) is 0 Å². The van der Waals surface area contributed by atoms with Crippen molar-refractivity contribution in [3.05, 3.63) is 29.8 Å². The van der Waals surface area contributed by atoms with Gasteiger partial charge in [0, 0.05) is 45.1 Å². The second-order valence-electron chi connectivity index (χ2n) is 1.69. The maximum Gasteiger partial charge on any atom is 0.0490 e. The van der Waals surface area contributed by atoms with Gasteiger partial charge in [0.1, 0.15) is 0 Å². The van der Waals surface area contributed by atoms with E-state index >= 15 is 0 Å². The summed E-state index contributed by atoms with van der Waals surface area (Å²) >= 11 is 0. The summed E-state index contributed by atoms with van der Waals surface area (Å²) in [6.07, 6.45) is 0. The smallest absolute Gasteiger partial charge is 0.0490 e. The fraction of sp³-hybridized carbons (Fsp3) is 0.143. The number of rotatable bonds is 1. The van der Waals surface area contributed by atoms with Crippen LogP contribution in [-0.4, -0.2) is 10.2 Å². The third-order valence-corrected chi connectivity index (χ3v) is 1.08.